The number of aliphatic hydroxyl groups excluding tert-OH is 1. The molecule has 4 nitrogen and oxygen atoms in total. The van der Waals surface area contributed by atoms with E-state index in [0.29, 0.717) is 13.0 Å². The Hall–Kier alpha value is -1.13. The molecule has 0 radical (unpaired) electrons. The minimum atomic E-state index is -0.817. The molecule has 0 aliphatic carbocycles. The first-order valence-corrected chi connectivity index (χ1v) is 4.03. The number of nitrogens with one attached hydrogen (secondary N) is 1. The van der Waals surface area contributed by atoms with Gasteiger partial charge in [-0.2, -0.15) is 0 Å². The van der Waals surface area contributed by atoms with Crippen molar-refractivity contribution in [1.29, 1.82) is 0 Å². The number of carbonyl (C=O) groups excluding carboxylic acids is 1. The second-order valence-electron chi connectivity index (χ2n) is 2.46. The summed E-state index contributed by atoms with van der Waals surface area (Å²) in [6.45, 7) is 7.22. The molecule has 1 amide bonds. The molecule has 0 aromatic heterocycles. The second-order valence-corrected chi connectivity index (χ2v) is 2.46. The Bertz CT molecular complexity index is 180. The Morgan fingerprint density at radius 1 is 1.62 bits per heavy atom. The lowest BCUT2D eigenvalue weighted by Crippen LogP contribution is -2.27. The van der Waals surface area contributed by atoms with Crippen molar-refractivity contribution in [3.05, 3.63) is 25.3 Å². The first-order valence-electron chi connectivity index (χ1n) is 4.03. The minimum absolute atomic E-state index is 0.0302. The van der Waals surface area contributed by atoms with Gasteiger partial charge in [0.2, 0.25) is 5.91 Å². The largest absolute Gasteiger partial charge is 0.389 e. The van der Waals surface area contributed by atoms with E-state index in [2.05, 4.69) is 18.6 Å². The fraction of sp³-hybridized carbons (Fsp3) is 0.444. The molecule has 0 saturated carbocycles. The van der Waals surface area contributed by atoms with Crippen LogP contribution in [0.3, 0.4) is 0 Å². The molecule has 13 heavy (non-hydrogen) atoms. The molecule has 0 aromatic rings. The molecule has 0 heterocycles. The van der Waals surface area contributed by atoms with Crippen molar-refractivity contribution in [1.82, 2.24) is 5.48 Å². The van der Waals surface area contributed by atoms with Crippen molar-refractivity contribution < 1.29 is 14.7 Å². The zero-order valence-corrected chi connectivity index (χ0v) is 7.53. The van der Waals surface area contributed by atoms with Crippen LogP contribution in [0, 0.1) is 0 Å². The first-order chi connectivity index (χ1) is 6.20. The summed E-state index contributed by atoms with van der Waals surface area (Å²) in [7, 11) is 0. The maximum absolute atomic E-state index is 10.9. The second kappa shape index (κ2) is 7.52. The van der Waals surface area contributed by atoms with Gasteiger partial charge >= 0.3 is 0 Å². The van der Waals surface area contributed by atoms with Gasteiger partial charge in [0.1, 0.15) is 0 Å². The van der Waals surface area contributed by atoms with Gasteiger partial charge in [-0.3, -0.25) is 9.63 Å². The third-order valence-electron chi connectivity index (χ3n) is 1.28. The maximum Gasteiger partial charge on any atom is 0.246 e. The normalized spacial score (nSPS) is 11.8. The highest BCUT2D eigenvalue weighted by molar-refractivity contribution is 5.75. The maximum atomic E-state index is 10.9. The molecular formula is C9H15NO3. The fourth-order valence-corrected chi connectivity index (χ4v) is 0.589. The van der Waals surface area contributed by atoms with Crippen LogP contribution in [0.15, 0.2) is 25.3 Å². The van der Waals surface area contributed by atoms with E-state index in [1.165, 1.54) is 6.08 Å². The van der Waals surface area contributed by atoms with Crippen LogP contribution in [-0.2, 0) is 9.63 Å². The number of hydroxylamine groups is 1. The molecule has 0 aromatic carbocycles. The standard InChI is InChI=1S/C9H15NO3/c1-3-5-6-13-10-9(12)7-8(11)4-2/h3-4,8,11H,1-2,5-7H2,(H,10,12)/t8-/m1/s1. The molecule has 0 aliphatic rings. The SMILES string of the molecule is C=CCCONC(=O)C[C@H](O)C=C. The lowest BCUT2D eigenvalue weighted by molar-refractivity contribution is -0.134. The number of carbonyl (C=O) groups is 1. The van der Waals surface area contributed by atoms with E-state index in [9.17, 15) is 4.79 Å². The lowest BCUT2D eigenvalue weighted by Gasteiger charge is -2.06. The molecule has 74 valence electrons. The Kier molecular flexibility index (Phi) is 6.86. The molecule has 0 rings (SSSR count). The van der Waals surface area contributed by atoms with Crippen LogP contribution < -0.4 is 5.48 Å². The molecule has 4 heteroatoms. The predicted molar refractivity (Wildman–Crippen MR) is 49.7 cm³/mol. The van der Waals surface area contributed by atoms with Crippen molar-refractivity contribution >= 4 is 5.91 Å². The third kappa shape index (κ3) is 7.24. The number of hydrogen-bond acceptors (Lipinski definition) is 3. The van der Waals surface area contributed by atoms with Gasteiger partial charge in [-0.25, -0.2) is 5.48 Å². The van der Waals surface area contributed by atoms with E-state index >= 15 is 0 Å². The fourth-order valence-electron chi connectivity index (χ4n) is 0.589. The van der Waals surface area contributed by atoms with Crippen LogP contribution in [-0.4, -0.2) is 23.7 Å². The Balaban J connectivity index is 3.40. The summed E-state index contributed by atoms with van der Waals surface area (Å²) in [5.74, 6) is -0.364. The van der Waals surface area contributed by atoms with Crippen molar-refractivity contribution in [2.24, 2.45) is 0 Å². The average Bonchev–Trinajstić information content (AvgIpc) is 2.12. The zero-order chi connectivity index (χ0) is 10.1. The van der Waals surface area contributed by atoms with Gasteiger partial charge in [0.15, 0.2) is 0 Å². The smallest absolute Gasteiger partial charge is 0.246 e. The van der Waals surface area contributed by atoms with E-state index in [1.807, 2.05) is 0 Å². The van der Waals surface area contributed by atoms with E-state index in [-0.39, 0.29) is 12.3 Å². The van der Waals surface area contributed by atoms with Gasteiger partial charge < -0.3 is 5.11 Å². The molecule has 2 N–H and O–H groups in total. The van der Waals surface area contributed by atoms with Crippen LogP contribution in [0.2, 0.25) is 0 Å². The summed E-state index contributed by atoms with van der Waals surface area (Å²) >= 11 is 0. The topological polar surface area (TPSA) is 58.6 Å². The highest BCUT2D eigenvalue weighted by atomic mass is 16.6. The number of aliphatic hydroxyl groups is 1. The molecular weight excluding hydrogens is 170 g/mol. The number of rotatable bonds is 7. The molecule has 0 fully saturated rings. The average molecular weight is 185 g/mol. The van der Waals surface area contributed by atoms with Crippen LogP contribution >= 0.6 is 0 Å². The monoisotopic (exact) mass is 185 g/mol. The van der Waals surface area contributed by atoms with Crippen molar-refractivity contribution in [2.75, 3.05) is 6.61 Å². The van der Waals surface area contributed by atoms with Crippen LogP contribution in [0.1, 0.15) is 12.8 Å². The molecule has 1 atom stereocenters. The highest BCUT2D eigenvalue weighted by Gasteiger charge is 2.06. The zero-order valence-electron chi connectivity index (χ0n) is 7.53. The van der Waals surface area contributed by atoms with Crippen LogP contribution in [0.25, 0.3) is 0 Å². The van der Waals surface area contributed by atoms with Gasteiger partial charge in [-0.1, -0.05) is 12.2 Å². The summed E-state index contributed by atoms with van der Waals surface area (Å²) < 4.78 is 0. The summed E-state index contributed by atoms with van der Waals surface area (Å²) in [4.78, 5) is 15.7. The highest BCUT2D eigenvalue weighted by Crippen LogP contribution is 1.91. The first kappa shape index (κ1) is 11.9. The minimum Gasteiger partial charge on any atom is -0.389 e. The summed E-state index contributed by atoms with van der Waals surface area (Å²) in [6, 6.07) is 0. The number of hydrogen-bond donors (Lipinski definition) is 2. The Labute approximate surface area is 77.9 Å². The molecule has 0 bridgehead atoms. The summed E-state index contributed by atoms with van der Waals surface area (Å²) in [5.41, 5.74) is 2.19. The molecule has 0 spiro atoms. The van der Waals surface area contributed by atoms with E-state index in [1.54, 1.807) is 6.08 Å². The predicted octanol–water partition coefficient (Wildman–Crippen LogP) is 0.547. The van der Waals surface area contributed by atoms with Gasteiger partial charge in [0, 0.05) is 0 Å². The van der Waals surface area contributed by atoms with Gasteiger partial charge in [0.05, 0.1) is 19.1 Å². The van der Waals surface area contributed by atoms with Gasteiger partial charge in [0.25, 0.3) is 0 Å². The quantitative estimate of drug-likeness (QED) is 0.346. The molecule has 0 unspecified atom stereocenters. The van der Waals surface area contributed by atoms with Gasteiger partial charge in [-0.15, -0.1) is 13.2 Å². The molecule has 0 saturated heterocycles. The summed E-state index contributed by atoms with van der Waals surface area (Å²) in [5, 5.41) is 8.98. The van der Waals surface area contributed by atoms with Gasteiger partial charge in [-0.05, 0) is 6.42 Å². The van der Waals surface area contributed by atoms with Crippen LogP contribution in [0.5, 0.6) is 0 Å². The summed E-state index contributed by atoms with van der Waals surface area (Å²) in [6.07, 6.45) is 2.80. The van der Waals surface area contributed by atoms with Crippen molar-refractivity contribution in [3.8, 4) is 0 Å². The van der Waals surface area contributed by atoms with E-state index in [4.69, 9.17) is 9.94 Å². The van der Waals surface area contributed by atoms with E-state index < -0.39 is 6.10 Å². The third-order valence-corrected chi connectivity index (χ3v) is 1.28. The lowest BCUT2D eigenvalue weighted by atomic mass is 10.2. The van der Waals surface area contributed by atoms with E-state index in [0.717, 1.165) is 0 Å². The Morgan fingerprint density at radius 3 is 2.85 bits per heavy atom. The van der Waals surface area contributed by atoms with Crippen molar-refractivity contribution in [3.63, 3.8) is 0 Å². The van der Waals surface area contributed by atoms with Crippen LogP contribution in [0.4, 0.5) is 0 Å². The number of amides is 1. The Morgan fingerprint density at radius 2 is 2.31 bits per heavy atom. The molecule has 0 aliphatic heterocycles. The van der Waals surface area contributed by atoms with Crippen molar-refractivity contribution in [2.45, 2.75) is 18.9 Å².